The van der Waals surface area contributed by atoms with E-state index in [1.54, 1.807) is 11.8 Å². The average molecular weight is 483 g/mol. The number of anilines is 1. The van der Waals surface area contributed by atoms with Crippen LogP contribution in [0.25, 0.3) is 0 Å². The van der Waals surface area contributed by atoms with Gasteiger partial charge < -0.3 is 0 Å². The van der Waals surface area contributed by atoms with E-state index in [2.05, 4.69) is 40.9 Å². The van der Waals surface area contributed by atoms with Gasteiger partial charge in [-0.15, -0.1) is 0 Å². The number of benzene rings is 4. The first-order valence-corrected chi connectivity index (χ1v) is 11.5. The zero-order valence-electron chi connectivity index (χ0n) is 18.2. The van der Waals surface area contributed by atoms with Crippen molar-refractivity contribution in [2.24, 2.45) is 5.10 Å². The lowest BCUT2D eigenvalue weighted by atomic mass is 9.82. The van der Waals surface area contributed by atoms with Crippen molar-refractivity contribution in [3.05, 3.63) is 146 Å². The minimum absolute atomic E-state index is 0.0723. The van der Waals surface area contributed by atoms with E-state index in [4.69, 9.17) is 0 Å². The molecular formula is C26H18N4O4S. The first kappa shape index (κ1) is 22.3. The third kappa shape index (κ3) is 3.91. The van der Waals surface area contributed by atoms with Gasteiger partial charge in [0.25, 0.3) is 5.69 Å². The number of nitro benzene ring substituents is 2. The molecule has 0 atom stereocenters. The molecule has 0 aliphatic carbocycles. The first-order chi connectivity index (χ1) is 17.0. The van der Waals surface area contributed by atoms with E-state index in [0.29, 0.717) is 5.04 Å². The summed E-state index contributed by atoms with van der Waals surface area (Å²) in [6.07, 6.45) is 0. The molecule has 1 N–H and O–H groups in total. The third-order valence-corrected chi connectivity index (χ3v) is 7.32. The van der Waals surface area contributed by atoms with Crippen LogP contribution in [0.3, 0.4) is 0 Å². The molecule has 0 saturated carbocycles. The summed E-state index contributed by atoms with van der Waals surface area (Å²) in [5.41, 5.74) is 6.20. The monoisotopic (exact) mass is 482 g/mol. The molecule has 0 saturated heterocycles. The number of nitrogens with one attached hydrogen (secondary N) is 1. The maximum atomic E-state index is 11.6. The summed E-state index contributed by atoms with van der Waals surface area (Å²) in [6.45, 7) is 0. The fourth-order valence-electron chi connectivity index (χ4n) is 4.25. The van der Waals surface area contributed by atoms with E-state index in [0.717, 1.165) is 28.3 Å². The second kappa shape index (κ2) is 9.03. The molecule has 0 radical (unpaired) electrons. The van der Waals surface area contributed by atoms with Gasteiger partial charge in [0.1, 0.15) is 10.7 Å². The highest BCUT2D eigenvalue weighted by Crippen LogP contribution is 2.55. The van der Waals surface area contributed by atoms with Gasteiger partial charge in [-0.3, -0.25) is 25.7 Å². The highest BCUT2D eigenvalue weighted by Gasteiger charge is 2.46. The second-order valence-corrected chi connectivity index (χ2v) is 9.01. The molecule has 9 heteroatoms. The largest absolute Gasteiger partial charge is 0.301 e. The smallest absolute Gasteiger partial charge is 0.271 e. The van der Waals surface area contributed by atoms with Gasteiger partial charge in [0.05, 0.1) is 20.7 Å². The maximum absolute atomic E-state index is 11.6. The molecule has 0 fully saturated rings. The fourth-order valence-corrected chi connectivity index (χ4v) is 5.71. The second-order valence-electron chi connectivity index (χ2n) is 7.81. The van der Waals surface area contributed by atoms with Crippen LogP contribution >= 0.6 is 11.8 Å². The van der Waals surface area contributed by atoms with Gasteiger partial charge in [0.2, 0.25) is 0 Å². The Hall–Kier alpha value is -4.50. The minimum atomic E-state index is -0.667. The molecule has 4 aromatic carbocycles. The van der Waals surface area contributed by atoms with Crippen LogP contribution < -0.4 is 5.43 Å². The molecule has 172 valence electrons. The molecular weight excluding hydrogens is 464 g/mol. The van der Waals surface area contributed by atoms with E-state index in [1.165, 1.54) is 12.1 Å². The molecule has 1 aliphatic heterocycles. The lowest BCUT2D eigenvalue weighted by molar-refractivity contribution is -0.393. The number of rotatable bonds is 6. The van der Waals surface area contributed by atoms with Crippen molar-refractivity contribution >= 4 is 33.9 Å². The standard InChI is InChI=1S/C26H18N4O4S/c31-29(32)20-15-16-23(24(17-20)30(33)34)27-28-25-21-13-7-8-14-22(21)26(35-25,18-9-3-1-4-10-18)19-11-5-2-6-12-19/h1-17,27H. The average Bonchev–Trinajstić information content (AvgIpc) is 3.24. The van der Waals surface area contributed by atoms with Crippen molar-refractivity contribution in [2.45, 2.75) is 4.75 Å². The number of hydrogen-bond acceptors (Lipinski definition) is 7. The van der Waals surface area contributed by atoms with Crippen molar-refractivity contribution in [1.82, 2.24) is 0 Å². The highest BCUT2D eigenvalue weighted by atomic mass is 32.2. The van der Waals surface area contributed by atoms with Crippen molar-refractivity contribution in [3.63, 3.8) is 0 Å². The van der Waals surface area contributed by atoms with Crippen molar-refractivity contribution in [3.8, 4) is 0 Å². The van der Waals surface area contributed by atoms with E-state index in [9.17, 15) is 20.2 Å². The van der Waals surface area contributed by atoms with Crippen LogP contribution in [-0.2, 0) is 4.75 Å². The van der Waals surface area contributed by atoms with E-state index >= 15 is 0 Å². The van der Waals surface area contributed by atoms with Crippen LogP contribution in [0.5, 0.6) is 0 Å². The zero-order valence-corrected chi connectivity index (χ0v) is 19.0. The van der Waals surface area contributed by atoms with Crippen LogP contribution in [0.1, 0.15) is 22.3 Å². The molecule has 0 bridgehead atoms. The van der Waals surface area contributed by atoms with Crippen molar-refractivity contribution in [1.29, 1.82) is 0 Å². The molecule has 0 amide bonds. The van der Waals surface area contributed by atoms with Gasteiger partial charge in [-0.05, 0) is 22.8 Å². The predicted octanol–water partition coefficient (Wildman–Crippen LogP) is 6.32. The lowest BCUT2D eigenvalue weighted by Crippen LogP contribution is -2.22. The number of non-ortho nitro benzene ring substituents is 1. The number of fused-ring (bicyclic) bond motifs is 1. The Morgan fingerprint density at radius 3 is 1.94 bits per heavy atom. The summed E-state index contributed by atoms with van der Waals surface area (Å²) in [6, 6.07) is 31.6. The Morgan fingerprint density at radius 1 is 0.743 bits per heavy atom. The topological polar surface area (TPSA) is 111 Å². The fraction of sp³-hybridized carbons (Fsp3) is 0.0385. The number of thioether (sulfide) groups is 1. The Labute approximate surface area is 204 Å². The third-order valence-electron chi connectivity index (χ3n) is 5.81. The van der Waals surface area contributed by atoms with Gasteiger partial charge >= 0.3 is 5.69 Å². The molecule has 4 aromatic rings. The summed E-state index contributed by atoms with van der Waals surface area (Å²) in [7, 11) is 0. The summed E-state index contributed by atoms with van der Waals surface area (Å²) < 4.78 is -0.568. The molecule has 1 heterocycles. The van der Waals surface area contributed by atoms with E-state index in [1.807, 2.05) is 54.6 Å². The van der Waals surface area contributed by atoms with Crippen LogP contribution in [0, 0.1) is 20.2 Å². The Morgan fingerprint density at radius 2 is 1.34 bits per heavy atom. The Bertz CT molecular complexity index is 1420. The minimum Gasteiger partial charge on any atom is -0.271 e. The predicted molar refractivity (Wildman–Crippen MR) is 137 cm³/mol. The molecule has 0 spiro atoms. The van der Waals surface area contributed by atoms with Gasteiger partial charge in [-0.25, -0.2) is 0 Å². The number of hydrazone groups is 1. The zero-order chi connectivity index (χ0) is 24.4. The lowest BCUT2D eigenvalue weighted by Gasteiger charge is -2.30. The van der Waals surface area contributed by atoms with E-state index in [-0.39, 0.29) is 11.4 Å². The molecule has 8 nitrogen and oxygen atoms in total. The number of hydrogen-bond donors (Lipinski definition) is 1. The van der Waals surface area contributed by atoms with E-state index < -0.39 is 20.3 Å². The number of nitrogens with zero attached hydrogens (tertiary/aromatic N) is 3. The van der Waals surface area contributed by atoms with Crippen LogP contribution in [0.15, 0.2) is 108 Å². The number of nitro groups is 2. The molecule has 5 rings (SSSR count). The summed E-state index contributed by atoms with van der Waals surface area (Å²) in [5.74, 6) is 0. The summed E-state index contributed by atoms with van der Waals surface area (Å²) in [4.78, 5) is 21.3. The van der Waals surface area contributed by atoms with Gasteiger partial charge in [-0.1, -0.05) is 96.7 Å². The van der Waals surface area contributed by atoms with Gasteiger partial charge in [-0.2, -0.15) is 5.10 Å². The van der Waals surface area contributed by atoms with Gasteiger partial charge in [0, 0.05) is 11.6 Å². The first-order valence-electron chi connectivity index (χ1n) is 10.7. The quantitative estimate of drug-likeness (QED) is 0.254. The van der Waals surface area contributed by atoms with Crippen molar-refractivity contribution < 1.29 is 9.85 Å². The van der Waals surface area contributed by atoms with Gasteiger partial charge in [0.15, 0.2) is 0 Å². The van der Waals surface area contributed by atoms with Crippen LogP contribution in [0.2, 0.25) is 0 Å². The summed E-state index contributed by atoms with van der Waals surface area (Å²) in [5, 5.41) is 27.8. The Balaban J connectivity index is 1.63. The summed E-state index contributed by atoms with van der Waals surface area (Å²) >= 11 is 1.54. The highest BCUT2D eigenvalue weighted by molar-refractivity contribution is 8.16. The molecule has 0 unspecified atom stereocenters. The maximum Gasteiger partial charge on any atom is 0.301 e. The molecule has 1 aliphatic rings. The SMILES string of the molecule is O=[N+]([O-])c1ccc(NN=C2SC(c3ccccc3)(c3ccccc3)c3ccccc32)c([N+](=O)[O-])c1. The van der Waals surface area contributed by atoms with Crippen molar-refractivity contribution in [2.75, 3.05) is 5.43 Å². The molecule has 35 heavy (non-hydrogen) atoms. The Kier molecular flexibility index (Phi) is 5.76. The normalized spacial score (nSPS) is 14.9. The van der Waals surface area contributed by atoms with Crippen LogP contribution in [-0.4, -0.2) is 14.9 Å². The molecule has 0 aromatic heterocycles. The van der Waals surface area contributed by atoms with Crippen LogP contribution in [0.4, 0.5) is 17.1 Å².